The maximum atomic E-state index is 10.1. The molecule has 0 saturated carbocycles. The molecule has 0 aliphatic heterocycles. The maximum absolute atomic E-state index is 10.1. The van der Waals surface area contributed by atoms with Crippen LogP contribution in [0, 0.1) is 0 Å². The van der Waals surface area contributed by atoms with E-state index in [-0.39, 0.29) is 12.1 Å². The number of ether oxygens (including phenoxy) is 1. The zero-order valence-electron chi connectivity index (χ0n) is 10.6. The highest BCUT2D eigenvalue weighted by molar-refractivity contribution is 9.10. The van der Waals surface area contributed by atoms with E-state index in [4.69, 9.17) is 4.74 Å². The summed E-state index contributed by atoms with van der Waals surface area (Å²) in [6, 6.07) is 3.57. The highest BCUT2D eigenvalue weighted by Crippen LogP contribution is 2.22. The van der Waals surface area contributed by atoms with Gasteiger partial charge in [0.25, 0.3) is 0 Å². The van der Waals surface area contributed by atoms with Crippen molar-refractivity contribution in [1.29, 1.82) is 0 Å². The zero-order valence-corrected chi connectivity index (χ0v) is 12.2. The van der Waals surface area contributed by atoms with Gasteiger partial charge in [0.15, 0.2) is 5.82 Å². The van der Waals surface area contributed by atoms with Crippen LogP contribution in [0.4, 0.5) is 5.82 Å². The van der Waals surface area contributed by atoms with Crippen molar-refractivity contribution in [2.75, 3.05) is 11.7 Å². The van der Waals surface area contributed by atoms with Crippen LogP contribution in [0.5, 0.6) is 0 Å². The van der Waals surface area contributed by atoms with E-state index >= 15 is 0 Å². The molecule has 5 heteroatoms. The van der Waals surface area contributed by atoms with E-state index in [2.05, 4.69) is 27.5 Å². The van der Waals surface area contributed by atoms with Crippen LogP contribution in [0.25, 0.3) is 0 Å². The fraction of sp³-hybridized carbons (Fsp3) is 0.357. The van der Waals surface area contributed by atoms with Gasteiger partial charge in [-0.25, -0.2) is 10.0 Å². The van der Waals surface area contributed by atoms with Gasteiger partial charge in [-0.15, -0.1) is 6.58 Å². The normalized spacial score (nSPS) is 22.2. The minimum atomic E-state index is -0.0581. The molecule has 1 N–H and O–H groups in total. The molecule has 4 nitrogen and oxygen atoms in total. The molecule has 1 aliphatic rings. The third kappa shape index (κ3) is 3.89. The van der Waals surface area contributed by atoms with Gasteiger partial charge in [0.1, 0.15) is 0 Å². The summed E-state index contributed by atoms with van der Waals surface area (Å²) in [5.41, 5.74) is 0. The highest BCUT2D eigenvalue weighted by atomic mass is 79.9. The van der Waals surface area contributed by atoms with E-state index in [9.17, 15) is 5.21 Å². The smallest absolute Gasteiger partial charge is 0.152 e. The van der Waals surface area contributed by atoms with Gasteiger partial charge in [-0.2, -0.15) is 0 Å². The summed E-state index contributed by atoms with van der Waals surface area (Å²) in [5.74, 6) is 0.545. The fourth-order valence-electron chi connectivity index (χ4n) is 1.99. The molecular formula is C14H17BrN2O2. The predicted molar refractivity (Wildman–Crippen MR) is 78.3 cm³/mol. The van der Waals surface area contributed by atoms with Gasteiger partial charge >= 0.3 is 0 Å². The van der Waals surface area contributed by atoms with E-state index in [1.165, 1.54) is 5.06 Å². The molecule has 19 heavy (non-hydrogen) atoms. The van der Waals surface area contributed by atoms with E-state index in [1.807, 2.05) is 18.2 Å². The number of anilines is 1. The van der Waals surface area contributed by atoms with Crippen molar-refractivity contribution in [2.24, 2.45) is 0 Å². The Morgan fingerprint density at radius 2 is 2.32 bits per heavy atom. The molecule has 0 bridgehead atoms. The molecule has 102 valence electrons. The predicted octanol–water partition coefficient (Wildman–Crippen LogP) is 3.33. The molecule has 0 spiro atoms. The third-order valence-corrected chi connectivity index (χ3v) is 3.45. The summed E-state index contributed by atoms with van der Waals surface area (Å²) in [5, 5.41) is 11.3. The van der Waals surface area contributed by atoms with E-state index in [0.29, 0.717) is 12.4 Å². The molecule has 2 rings (SSSR count). The first kappa shape index (κ1) is 14.2. The lowest BCUT2D eigenvalue weighted by Crippen LogP contribution is -2.34. The molecule has 1 aromatic heterocycles. The Morgan fingerprint density at radius 3 is 2.89 bits per heavy atom. The molecule has 1 heterocycles. The minimum absolute atomic E-state index is 0.0581. The van der Waals surface area contributed by atoms with Gasteiger partial charge in [0, 0.05) is 10.7 Å². The van der Waals surface area contributed by atoms with Crippen molar-refractivity contribution >= 4 is 21.7 Å². The SMILES string of the molecule is C=CCO[C@@H]1C=C[C@@H](N(O)c2ccc(Br)cn2)CC1. The second-order valence-corrected chi connectivity index (χ2v) is 5.28. The lowest BCUT2D eigenvalue weighted by molar-refractivity contribution is 0.0914. The zero-order chi connectivity index (χ0) is 13.7. The molecule has 1 aromatic rings. The van der Waals surface area contributed by atoms with Crippen molar-refractivity contribution in [2.45, 2.75) is 25.0 Å². The lowest BCUT2D eigenvalue weighted by Gasteiger charge is -2.29. The van der Waals surface area contributed by atoms with Crippen LogP contribution in [0.3, 0.4) is 0 Å². The van der Waals surface area contributed by atoms with Crippen molar-refractivity contribution < 1.29 is 9.94 Å². The molecule has 0 unspecified atom stereocenters. The van der Waals surface area contributed by atoms with Crippen LogP contribution in [-0.2, 0) is 4.74 Å². The highest BCUT2D eigenvalue weighted by Gasteiger charge is 2.21. The number of hydrogen-bond acceptors (Lipinski definition) is 4. The fourth-order valence-corrected chi connectivity index (χ4v) is 2.22. The van der Waals surface area contributed by atoms with E-state index in [1.54, 1.807) is 18.3 Å². The largest absolute Gasteiger partial charge is 0.370 e. The molecule has 0 amide bonds. The third-order valence-electron chi connectivity index (χ3n) is 2.98. The Kier molecular flexibility index (Phi) is 5.13. The molecule has 0 aromatic carbocycles. The van der Waals surface area contributed by atoms with Crippen LogP contribution in [-0.4, -0.2) is 28.9 Å². The number of hydroxylamine groups is 1. The molecular weight excluding hydrogens is 308 g/mol. The van der Waals surface area contributed by atoms with Crippen LogP contribution >= 0.6 is 15.9 Å². The standard InChI is InChI=1S/C14H17BrN2O2/c1-2-9-19-13-6-4-12(5-7-13)17(18)14-8-3-11(15)10-16-14/h2-4,6,8,10,12-13,18H,1,5,7,9H2/t12-,13-/m1/s1. The average molecular weight is 325 g/mol. The number of nitrogens with zero attached hydrogens (tertiary/aromatic N) is 2. The topological polar surface area (TPSA) is 45.6 Å². The molecule has 2 atom stereocenters. The van der Waals surface area contributed by atoms with Crippen LogP contribution in [0.2, 0.25) is 0 Å². The molecule has 1 aliphatic carbocycles. The summed E-state index contributed by atoms with van der Waals surface area (Å²) in [6.07, 6.45) is 9.17. The minimum Gasteiger partial charge on any atom is -0.370 e. The van der Waals surface area contributed by atoms with Gasteiger partial charge in [-0.3, -0.25) is 5.21 Å². The quantitative estimate of drug-likeness (QED) is 0.666. The number of pyridine rings is 1. The van der Waals surface area contributed by atoms with E-state index < -0.39 is 0 Å². The first-order chi connectivity index (χ1) is 9.20. The van der Waals surface area contributed by atoms with E-state index in [0.717, 1.165) is 17.3 Å². The maximum Gasteiger partial charge on any atom is 0.152 e. The lowest BCUT2D eigenvalue weighted by atomic mass is 10.00. The average Bonchev–Trinajstić information content (AvgIpc) is 2.46. The van der Waals surface area contributed by atoms with Crippen molar-refractivity contribution in [3.8, 4) is 0 Å². The van der Waals surface area contributed by atoms with Crippen LogP contribution in [0.1, 0.15) is 12.8 Å². The summed E-state index contributed by atoms with van der Waals surface area (Å²) in [6.45, 7) is 4.18. The number of rotatable bonds is 5. The summed E-state index contributed by atoms with van der Waals surface area (Å²) in [7, 11) is 0. The van der Waals surface area contributed by atoms with Crippen LogP contribution < -0.4 is 5.06 Å². The second-order valence-electron chi connectivity index (χ2n) is 4.37. The van der Waals surface area contributed by atoms with Gasteiger partial charge in [-0.05, 0) is 40.9 Å². The summed E-state index contributed by atoms with van der Waals surface area (Å²) < 4.78 is 6.45. The summed E-state index contributed by atoms with van der Waals surface area (Å²) >= 11 is 3.32. The monoisotopic (exact) mass is 324 g/mol. The number of hydrogen-bond donors (Lipinski definition) is 1. The Morgan fingerprint density at radius 1 is 1.47 bits per heavy atom. The Bertz CT molecular complexity index is 447. The Balaban J connectivity index is 1.96. The molecule has 0 saturated heterocycles. The Hall–Kier alpha value is -1.17. The van der Waals surface area contributed by atoms with Crippen molar-refractivity contribution in [3.63, 3.8) is 0 Å². The van der Waals surface area contributed by atoms with Crippen molar-refractivity contribution in [3.05, 3.63) is 47.6 Å². The van der Waals surface area contributed by atoms with Gasteiger partial charge < -0.3 is 4.74 Å². The molecule has 0 radical (unpaired) electrons. The Labute approximate surface area is 121 Å². The summed E-state index contributed by atoms with van der Waals surface area (Å²) in [4.78, 5) is 4.17. The molecule has 0 fully saturated rings. The number of halogens is 1. The number of aromatic nitrogens is 1. The van der Waals surface area contributed by atoms with Gasteiger partial charge in [0.2, 0.25) is 0 Å². The van der Waals surface area contributed by atoms with Crippen molar-refractivity contribution in [1.82, 2.24) is 4.98 Å². The van der Waals surface area contributed by atoms with Crippen LogP contribution in [0.15, 0.2) is 47.6 Å². The first-order valence-corrected chi connectivity index (χ1v) is 7.00. The van der Waals surface area contributed by atoms with Gasteiger partial charge in [0.05, 0.1) is 18.8 Å². The second kappa shape index (κ2) is 6.84. The van der Waals surface area contributed by atoms with Gasteiger partial charge in [-0.1, -0.05) is 18.2 Å². The first-order valence-electron chi connectivity index (χ1n) is 6.21.